The van der Waals surface area contributed by atoms with E-state index in [1.807, 2.05) is 24.3 Å². The van der Waals surface area contributed by atoms with Crippen molar-refractivity contribution in [2.24, 2.45) is 5.73 Å². The Hall–Kier alpha value is -2.29. The van der Waals surface area contributed by atoms with Crippen molar-refractivity contribution in [2.45, 2.75) is 21.8 Å². The number of nitrogens with two attached hydrogens (primary N) is 1. The van der Waals surface area contributed by atoms with Gasteiger partial charge < -0.3 is 5.73 Å². The van der Waals surface area contributed by atoms with Crippen LogP contribution in [0.1, 0.15) is 21.5 Å². The standard InChI is InChI=1S/C18H15ClN4O2S2/c19-14-6-2-4-12(8-14)10-27-18-22-16(25)21-17(23-18)26-9-11-3-1-5-13(7-11)15(20)24/h1-8H,9-10H2,(H2,20,24)(H,21,22,23,25). The first-order valence-corrected chi connectivity index (χ1v) is 10.2. The molecule has 0 aliphatic carbocycles. The smallest absolute Gasteiger partial charge is 0.349 e. The lowest BCUT2D eigenvalue weighted by Crippen LogP contribution is -2.14. The molecular weight excluding hydrogens is 404 g/mol. The SMILES string of the molecule is NC(=O)c1cccc(CSc2nc(SCc3cccc(Cl)c3)nc(=O)[nH]2)c1. The molecule has 0 spiro atoms. The number of amides is 1. The highest BCUT2D eigenvalue weighted by molar-refractivity contribution is 7.99. The van der Waals surface area contributed by atoms with Crippen LogP contribution >= 0.6 is 35.1 Å². The molecule has 3 rings (SSSR count). The highest BCUT2D eigenvalue weighted by atomic mass is 35.5. The molecule has 0 bridgehead atoms. The van der Waals surface area contributed by atoms with Gasteiger partial charge in [0.05, 0.1) is 0 Å². The minimum absolute atomic E-state index is 0.395. The van der Waals surface area contributed by atoms with Crippen LogP contribution in [0.3, 0.4) is 0 Å². The van der Waals surface area contributed by atoms with E-state index < -0.39 is 11.6 Å². The van der Waals surface area contributed by atoms with Gasteiger partial charge in [0, 0.05) is 22.1 Å². The fourth-order valence-corrected chi connectivity index (χ4v) is 4.06. The zero-order chi connectivity index (χ0) is 19.2. The second-order valence-electron chi connectivity index (χ2n) is 5.51. The fraction of sp³-hybridized carbons (Fsp3) is 0.111. The average molecular weight is 419 g/mol. The molecule has 6 nitrogen and oxygen atoms in total. The molecule has 2 aromatic carbocycles. The van der Waals surface area contributed by atoms with Crippen molar-refractivity contribution in [1.82, 2.24) is 15.0 Å². The predicted octanol–water partition coefficient (Wildman–Crippen LogP) is 3.50. The van der Waals surface area contributed by atoms with Crippen molar-refractivity contribution < 1.29 is 4.79 Å². The lowest BCUT2D eigenvalue weighted by Gasteiger charge is -2.05. The van der Waals surface area contributed by atoms with Gasteiger partial charge in [-0.1, -0.05) is 59.4 Å². The van der Waals surface area contributed by atoms with E-state index in [-0.39, 0.29) is 0 Å². The van der Waals surface area contributed by atoms with E-state index in [1.54, 1.807) is 24.3 Å². The van der Waals surface area contributed by atoms with E-state index in [0.717, 1.165) is 11.1 Å². The third kappa shape index (κ3) is 5.85. The van der Waals surface area contributed by atoms with E-state index in [1.165, 1.54) is 23.5 Å². The summed E-state index contributed by atoms with van der Waals surface area (Å²) in [5.41, 5.74) is 7.22. The third-order valence-electron chi connectivity index (χ3n) is 3.45. The number of rotatable bonds is 7. The number of primary amides is 1. The molecule has 0 atom stereocenters. The molecule has 9 heteroatoms. The molecule has 0 aliphatic heterocycles. The summed E-state index contributed by atoms with van der Waals surface area (Å²) in [5.74, 6) is 0.665. The number of hydrogen-bond donors (Lipinski definition) is 2. The van der Waals surface area contributed by atoms with Crippen LogP contribution < -0.4 is 11.4 Å². The van der Waals surface area contributed by atoms with Crippen molar-refractivity contribution in [3.05, 3.63) is 80.7 Å². The van der Waals surface area contributed by atoms with E-state index >= 15 is 0 Å². The van der Waals surface area contributed by atoms with Crippen molar-refractivity contribution in [3.8, 4) is 0 Å². The van der Waals surface area contributed by atoms with Crippen LogP contribution in [0.15, 0.2) is 63.6 Å². The Labute approximate surface area is 169 Å². The average Bonchev–Trinajstić information content (AvgIpc) is 2.65. The molecule has 0 fully saturated rings. The molecule has 3 aromatic rings. The first-order valence-electron chi connectivity index (χ1n) is 7.87. The van der Waals surface area contributed by atoms with Gasteiger partial charge in [-0.3, -0.25) is 9.78 Å². The summed E-state index contributed by atoms with van der Waals surface area (Å²) in [7, 11) is 0. The van der Waals surface area contributed by atoms with Crippen LogP contribution in [0.4, 0.5) is 0 Å². The molecule has 0 saturated carbocycles. The summed E-state index contributed by atoms with van der Waals surface area (Å²) in [5, 5.41) is 1.52. The zero-order valence-electron chi connectivity index (χ0n) is 14.0. The van der Waals surface area contributed by atoms with Gasteiger partial charge in [0.1, 0.15) is 0 Å². The molecule has 27 heavy (non-hydrogen) atoms. The fourth-order valence-electron chi connectivity index (χ4n) is 2.22. The number of H-pyrrole nitrogens is 1. The molecule has 0 unspecified atom stereocenters. The number of thioether (sulfide) groups is 2. The normalized spacial score (nSPS) is 10.7. The van der Waals surface area contributed by atoms with Gasteiger partial charge in [-0.25, -0.2) is 4.79 Å². The molecule has 1 aromatic heterocycles. The Morgan fingerprint density at radius 3 is 2.48 bits per heavy atom. The Bertz CT molecular complexity index is 1030. The summed E-state index contributed by atoms with van der Waals surface area (Å²) in [6, 6.07) is 14.5. The molecule has 1 heterocycles. The lowest BCUT2D eigenvalue weighted by atomic mass is 10.1. The van der Waals surface area contributed by atoms with Gasteiger partial charge in [0.2, 0.25) is 5.91 Å². The highest BCUT2D eigenvalue weighted by Gasteiger charge is 2.07. The Kier molecular flexibility index (Phi) is 6.54. The Morgan fingerprint density at radius 2 is 1.74 bits per heavy atom. The molecule has 0 radical (unpaired) electrons. The number of hydrogen-bond acceptors (Lipinski definition) is 6. The number of benzene rings is 2. The number of aromatic nitrogens is 3. The Balaban J connectivity index is 1.67. The van der Waals surface area contributed by atoms with Crippen molar-refractivity contribution >= 4 is 41.0 Å². The summed E-state index contributed by atoms with van der Waals surface area (Å²) >= 11 is 8.70. The van der Waals surface area contributed by atoms with E-state index in [4.69, 9.17) is 17.3 Å². The summed E-state index contributed by atoms with van der Waals surface area (Å²) in [6.45, 7) is 0. The Morgan fingerprint density at radius 1 is 1.04 bits per heavy atom. The highest BCUT2D eigenvalue weighted by Crippen LogP contribution is 2.23. The van der Waals surface area contributed by atoms with Crippen LogP contribution in [0.5, 0.6) is 0 Å². The molecular formula is C18H15ClN4O2S2. The van der Waals surface area contributed by atoms with Gasteiger partial charge in [-0.15, -0.1) is 0 Å². The van der Waals surface area contributed by atoms with Gasteiger partial charge >= 0.3 is 5.69 Å². The molecule has 0 saturated heterocycles. The minimum atomic E-state index is -0.475. The number of nitrogens with zero attached hydrogens (tertiary/aromatic N) is 2. The minimum Gasteiger partial charge on any atom is -0.366 e. The van der Waals surface area contributed by atoms with Crippen LogP contribution in [-0.2, 0) is 11.5 Å². The topological polar surface area (TPSA) is 102 Å². The van der Waals surface area contributed by atoms with E-state index in [0.29, 0.717) is 32.4 Å². The van der Waals surface area contributed by atoms with Crippen LogP contribution in [0.25, 0.3) is 0 Å². The number of carbonyl (C=O) groups excluding carboxylic acids is 1. The van der Waals surface area contributed by atoms with Crippen molar-refractivity contribution in [1.29, 1.82) is 0 Å². The second kappa shape index (κ2) is 9.07. The number of carbonyl (C=O) groups is 1. The summed E-state index contributed by atoms with van der Waals surface area (Å²) < 4.78 is 0. The van der Waals surface area contributed by atoms with E-state index in [2.05, 4.69) is 15.0 Å². The lowest BCUT2D eigenvalue weighted by molar-refractivity contribution is 0.1000. The van der Waals surface area contributed by atoms with Crippen molar-refractivity contribution in [3.63, 3.8) is 0 Å². The van der Waals surface area contributed by atoms with E-state index in [9.17, 15) is 9.59 Å². The summed E-state index contributed by atoms with van der Waals surface area (Å²) in [6.07, 6.45) is 0. The van der Waals surface area contributed by atoms with Gasteiger partial charge in [-0.2, -0.15) is 9.97 Å². The summed E-state index contributed by atoms with van der Waals surface area (Å²) in [4.78, 5) is 34.0. The first-order chi connectivity index (χ1) is 13.0. The number of halogens is 1. The molecule has 1 amide bonds. The monoisotopic (exact) mass is 418 g/mol. The number of nitrogens with one attached hydrogen (secondary N) is 1. The van der Waals surface area contributed by atoms with Gasteiger partial charge in [0.25, 0.3) is 0 Å². The molecule has 0 aliphatic rings. The first kappa shape index (κ1) is 19.5. The quantitative estimate of drug-likeness (QED) is 0.569. The predicted molar refractivity (Wildman–Crippen MR) is 108 cm³/mol. The van der Waals surface area contributed by atoms with Crippen LogP contribution in [-0.4, -0.2) is 20.9 Å². The maximum atomic E-state index is 11.8. The van der Waals surface area contributed by atoms with Crippen molar-refractivity contribution in [2.75, 3.05) is 0 Å². The van der Waals surface area contributed by atoms with Gasteiger partial charge in [0.15, 0.2) is 10.3 Å². The molecule has 3 N–H and O–H groups in total. The number of aromatic amines is 1. The molecule has 138 valence electrons. The second-order valence-corrected chi connectivity index (χ2v) is 7.86. The van der Waals surface area contributed by atoms with Gasteiger partial charge in [-0.05, 0) is 35.4 Å². The van der Waals surface area contributed by atoms with Crippen LogP contribution in [0, 0.1) is 0 Å². The zero-order valence-corrected chi connectivity index (χ0v) is 16.4. The van der Waals surface area contributed by atoms with Crippen LogP contribution in [0.2, 0.25) is 5.02 Å². The largest absolute Gasteiger partial charge is 0.366 e. The maximum Gasteiger partial charge on any atom is 0.349 e. The maximum absolute atomic E-state index is 11.8. The third-order valence-corrected chi connectivity index (χ3v) is 5.55.